The van der Waals surface area contributed by atoms with Crippen molar-refractivity contribution in [1.82, 2.24) is 10.1 Å². The molecular formula is C27H31N3O2. The minimum absolute atomic E-state index is 0.0342. The molecule has 2 aliphatic rings. The molecule has 0 radical (unpaired) electrons. The summed E-state index contributed by atoms with van der Waals surface area (Å²) in [6.07, 6.45) is 10.8. The number of likely N-dealkylation sites (tertiary alicyclic amines) is 1. The third-order valence-electron chi connectivity index (χ3n) is 5.29. The molecule has 5 heteroatoms. The highest BCUT2D eigenvalue weighted by Gasteiger charge is 2.29. The van der Waals surface area contributed by atoms with E-state index in [2.05, 4.69) is 23.7 Å². The van der Waals surface area contributed by atoms with Crippen LogP contribution in [-0.2, 0) is 0 Å². The second kappa shape index (κ2) is 10.7. The summed E-state index contributed by atoms with van der Waals surface area (Å²) in [5, 5.41) is 4.07. The summed E-state index contributed by atoms with van der Waals surface area (Å²) in [6.45, 7) is 13.5. The lowest BCUT2D eigenvalue weighted by Gasteiger charge is -2.15. The lowest BCUT2D eigenvalue weighted by atomic mass is 10.1. The Labute approximate surface area is 190 Å². The number of allylic oxidation sites excluding steroid dienone is 6. The Hall–Kier alpha value is -3.47. The fourth-order valence-electron chi connectivity index (χ4n) is 3.53. The third-order valence-corrected chi connectivity index (χ3v) is 5.29. The maximum Gasteiger partial charge on any atom is 0.259 e. The number of aromatic nitrogens is 1. The molecule has 4 rings (SSSR count). The molecule has 2 heterocycles. The summed E-state index contributed by atoms with van der Waals surface area (Å²) >= 11 is 0. The van der Waals surface area contributed by atoms with Crippen molar-refractivity contribution < 1.29 is 9.32 Å². The van der Waals surface area contributed by atoms with Crippen molar-refractivity contribution in [3.05, 3.63) is 89.9 Å². The van der Waals surface area contributed by atoms with Crippen LogP contribution in [0.2, 0.25) is 0 Å². The van der Waals surface area contributed by atoms with Gasteiger partial charge in [0.15, 0.2) is 0 Å². The molecule has 2 aromatic rings. The summed E-state index contributed by atoms with van der Waals surface area (Å²) in [5.74, 6) is 1.19. The van der Waals surface area contributed by atoms with Gasteiger partial charge in [-0.2, -0.15) is 0 Å². The van der Waals surface area contributed by atoms with E-state index >= 15 is 0 Å². The first-order valence-corrected chi connectivity index (χ1v) is 10.9. The molecule has 0 saturated carbocycles. The number of aliphatic imine (C=N–C) groups is 1. The van der Waals surface area contributed by atoms with Gasteiger partial charge in [0.2, 0.25) is 0 Å². The van der Waals surface area contributed by atoms with Gasteiger partial charge < -0.3 is 9.42 Å². The molecule has 1 saturated heterocycles. The molecule has 0 bridgehead atoms. The molecule has 5 nitrogen and oxygen atoms in total. The van der Waals surface area contributed by atoms with Crippen molar-refractivity contribution >= 4 is 11.6 Å². The SMILES string of the molecule is C=C1C=CC=CC1=NC=C(C)C.Cc1onc(-c2ccccc2)c1C(=O)N1CCC(C)C1. The predicted octanol–water partition coefficient (Wildman–Crippen LogP) is 6.17. The van der Waals surface area contributed by atoms with E-state index in [1.807, 2.05) is 79.6 Å². The number of benzene rings is 1. The molecule has 1 fully saturated rings. The summed E-state index contributed by atoms with van der Waals surface area (Å²) in [7, 11) is 0. The number of aryl methyl sites for hydroxylation is 1. The van der Waals surface area contributed by atoms with Crippen molar-refractivity contribution in [2.24, 2.45) is 10.9 Å². The van der Waals surface area contributed by atoms with Gasteiger partial charge in [-0.3, -0.25) is 9.79 Å². The molecule has 1 aliphatic heterocycles. The van der Waals surface area contributed by atoms with Gasteiger partial charge in [-0.05, 0) is 44.8 Å². The average molecular weight is 430 g/mol. The second-order valence-corrected chi connectivity index (χ2v) is 8.44. The van der Waals surface area contributed by atoms with Gasteiger partial charge in [0.25, 0.3) is 5.91 Å². The summed E-state index contributed by atoms with van der Waals surface area (Å²) < 4.78 is 5.26. The maximum atomic E-state index is 12.7. The Morgan fingerprint density at radius 2 is 1.94 bits per heavy atom. The molecule has 1 aromatic carbocycles. The van der Waals surface area contributed by atoms with E-state index in [0.29, 0.717) is 22.9 Å². The highest BCUT2D eigenvalue weighted by Crippen LogP contribution is 2.28. The van der Waals surface area contributed by atoms with Crippen LogP contribution in [0.25, 0.3) is 11.3 Å². The molecule has 0 N–H and O–H groups in total. The van der Waals surface area contributed by atoms with E-state index < -0.39 is 0 Å². The molecular weight excluding hydrogens is 398 g/mol. The lowest BCUT2D eigenvalue weighted by Crippen LogP contribution is -2.29. The largest absolute Gasteiger partial charge is 0.360 e. The van der Waals surface area contributed by atoms with E-state index in [9.17, 15) is 4.79 Å². The number of hydrogen-bond donors (Lipinski definition) is 0. The van der Waals surface area contributed by atoms with Crippen molar-refractivity contribution in [2.75, 3.05) is 13.1 Å². The van der Waals surface area contributed by atoms with E-state index in [0.717, 1.165) is 36.4 Å². The number of carbonyl (C=O) groups is 1. The van der Waals surface area contributed by atoms with E-state index in [4.69, 9.17) is 4.52 Å². The van der Waals surface area contributed by atoms with E-state index in [1.165, 1.54) is 5.57 Å². The zero-order valence-corrected chi connectivity index (χ0v) is 19.3. The number of carbonyl (C=O) groups excluding carboxylic acids is 1. The van der Waals surface area contributed by atoms with Gasteiger partial charge in [0.1, 0.15) is 17.0 Å². The van der Waals surface area contributed by atoms with E-state index in [-0.39, 0.29) is 5.91 Å². The van der Waals surface area contributed by atoms with Crippen molar-refractivity contribution in [1.29, 1.82) is 0 Å². The first-order valence-electron chi connectivity index (χ1n) is 10.9. The standard InChI is InChI=1S/C16H18N2O2.C11H13N/c1-11-8-9-18(10-11)16(19)14-12(2)20-17-15(14)13-6-4-3-5-7-13;1-9(2)8-12-11-7-5-4-6-10(11)3/h3-7,11H,8-10H2,1-2H3;4-8H,3H2,1-2H3. The van der Waals surface area contributed by atoms with Gasteiger partial charge >= 0.3 is 0 Å². The fraction of sp³-hybridized carbons (Fsp3) is 0.296. The molecule has 1 amide bonds. The van der Waals surface area contributed by atoms with Crippen LogP contribution in [-0.4, -0.2) is 34.8 Å². The highest BCUT2D eigenvalue weighted by molar-refractivity contribution is 6.11. The minimum Gasteiger partial charge on any atom is -0.360 e. The van der Waals surface area contributed by atoms with Crippen molar-refractivity contribution in [3.63, 3.8) is 0 Å². The van der Waals surface area contributed by atoms with E-state index in [1.54, 1.807) is 6.92 Å². The number of rotatable bonds is 3. The minimum atomic E-state index is 0.0342. The first kappa shape index (κ1) is 23.2. The Morgan fingerprint density at radius 1 is 1.22 bits per heavy atom. The average Bonchev–Trinajstić information content (AvgIpc) is 3.39. The second-order valence-electron chi connectivity index (χ2n) is 8.44. The highest BCUT2D eigenvalue weighted by atomic mass is 16.5. The summed E-state index contributed by atoms with van der Waals surface area (Å²) in [4.78, 5) is 18.9. The van der Waals surface area contributed by atoms with Crippen LogP contribution in [0.4, 0.5) is 0 Å². The van der Waals surface area contributed by atoms with Crippen LogP contribution in [0.5, 0.6) is 0 Å². The molecule has 1 unspecified atom stereocenters. The molecule has 1 atom stereocenters. The molecule has 0 spiro atoms. The monoisotopic (exact) mass is 429 g/mol. The Bertz CT molecular complexity index is 1080. The third kappa shape index (κ3) is 5.82. The van der Waals surface area contributed by atoms with Crippen molar-refractivity contribution in [2.45, 2.75) is 34.1 Å². The van der Waals surface area contributed by atoms with Crippen LogP contribution in [0.15, 0.2) is 88.1 Å². The summed E-state index contributed by atoms with van der Waals surface area (Å²) in [5.41, 5.74) is 5.27. The molecule has 1 aliphatic carbocycles. The Balaban J connectivity index is 0.000000207. The molecule has 1 aromatic heterocycles. The lowest BCUT2D eigenvalue weighted by molar-refractivity contribution is 0.0787. The molecule has 166 valence electrons. The maximum absolute atomic E-state index is 12.7. The van der Waals surface area contributed by atoms with Gasteiger partial charge in [-0.1, -0.05) is 72.8 Å². The zero-order chi connectivity index (χ0) is 23.1. The fourth-order valence-corrected chi connectivity index (χ4v) is 3.53. The zero-order valence-electron chi connectivity index (χ0n) is 19.3. The number of hydrogen-bond acceptors (Lipinski definition) is 4. The summed E-state index contributed by atoms with van der Waals surface area (Å²) in [6, 6.07) is 9.71. The van der Waals surface area contributed by atoms with Crippen LogP contribution < -0.4 is 0 Å². The number of nitrogens with zero attached hydrogens (tertiary/aromatic N) is 3. The van der Waals surface area contributed by atoms with Crippen LogP contribution in [0, 0.1) is 12.8 Å². The quantitative estimate of drug-likeness (QED) is 0.587. The van der Waals surface area contributed by atoms with Crippen molar-refractivity contribution in [3.8, 4) is 11.3 Å². The predicted molar refractivity (Wildman–Crippen MR) is 131 cm³/mol. The van der Waals surface area contributed by atoms with Gasteiger partial charge in [-0.15, -0.1) is 0 Å². The normalized spacial score (nSPS) is 18.5. The van der Waals surface area contributed by atoms with Crippen LogP contribution in [0.3, 0.4) is 0 Å². The topological polar surface area (TPSA) is 58.7 Å². The molecule has 32 heavy (non-hydrogen) atoms. The smallest absolute Gasteiger partial charge is 0.259 e. The Morgan fingerprint density at radius 3 is 2.56 bits per heavy atom. The Kier molecular flexibility index (Phi) is 7.77. The first-order chi connectivity index (χ1) is 15.4. The van der Waals surface area contributed by atoms with Gasteiger partial charge in [-0.25, -0.2) is 0 Å². The van der Waals surface area contributed by atoms with Crippen LogP contribution >= 0.6 is 0 Å². The van der Waals surface area contributed by atoms with Crippen LogP contribution in [0.1, 0.15) is 43.3 Å². The van der Waals surface area contributed by atoms with Gasteiger partial charge in [0.05, 0.1) is 5.71 Å². The number of amides is 1. The van der Waals surface area contributed by atoms with Gasteiger partial charge in [0, 0.05) is 24.9 Å².